The summed E-state index contributed by atoms with van der Waals surface area (Å²) in [5, 5.41) is 24.0. The smallest absolute Gasteiger partial charge is 0.100 e. The standard InChI is InChI=1S/C3H8O3.ClHO4/c4-1-3(6)2-5;2-1(3,4)5/h3-6H,1-2H2;(H,2,3,4,5). The lowest BCUT2D eigenvalue weighted by Gasteiger charge is -2.03. The molecule has 0 saturated carbocycles. The summed E-state index contributed by atoms with van der Waals surface area (Å²) in [6.07, 6.45) is -0.954. The minimum Gasteiger partial charge on any atom is -0.394 e. The van der Waals surface area contributed by atoms with Gasteiger partial charge in [-0.2, -0.15) is 14.0 Å². The second kappa shape index (κ2) is 6.70. The molecule has 0 rings (SSSR count). The molecule has 0 heterocycles. The van der Waals surface area contributed by atoms with E-state index in [-0.39, 0.29) is 13.2 Å². The first kappa shape index (κ1) is 13.6. The maximum atomic E-state index is 8.60. The summed E-state index contributed by atoms with van der Waals surface area (Å²) in [6, 6.07) is 0. The van der Waals surface area contributed by atoms with E-state index in [1.54, 1.807) is 0 Å². The maximum absolute atomic E-state index is 8.60. The van der Waals surface area contributed by atoms with E-state index in [2.05, 4.69) is 0 Å². The summed E-state index contributed by atoms with van der Waals surface area (Å²) in [5.41, 5.74) is 0. The minimum atomic E-state index is -4.69. The Morgan fingerprint density at radius 1 is 1.09 bits per heavy atom. The van der Waals surface area contributed by atoms with Crippen molar-refractivity contribution >= 4 is 0 Å². The van der Waals surface area contributed by atoms with Crippen LogP contribution in [0, 0.1) is 10.2 Å². The second-order valence-electron chi connectivity index (χ2n) is 1.41. The number of aliphatic hydroxyl groups excluding tert-OH is 3. The summed E-state index contributed by atoms with van der Waals surface area (Å²) in [5.74, 6) is 0. The molecule has 7 nitrogen and oxygen atoms in total. The van der Waals surface area contributed by atoms with Crippen LogP contribution in [-0.2, 0) is 0 Å². The topological polar surface area (TPSA) is 150 Å². The third kappa shape index (κ3) is 39.9. The molecule has 11 heavy (non-hydrogen) atoms. The zero-order chi connectivity index (χ0) is 9.49. The molecule has 0 spiro atoms. The Hall–Kier alpha value is 0.01000. The average Bonchev–Trinajstić information content (AvgIpc) is 1.83. The zero-order valence-corrected chi connectivity index (χ0v) is 6.14. The first-order chi connectivity index (χ1) is 4.81. The molecule has 8 heteroatoms. The van der Waals surface area contributed by atoms with Gasteiger partial charge in [0.25, 0.3) is 0 Å². The first-order valence-corrected chi connectivity index (χ1v) is 3.60. The predicted octanol–water partition coefficient (Wildman–Crippen LogP) is -5.79. The third-order valence-corrected chi connectivity index (χ3v) is 0.421. The molecular formula is C3H9ClO7. The van der Waals surface area contributed by atoms with Crippen LogP contribution < -0.4 is 14.0 Å². The van der Waals surface area contributed by atoms with Crippen molar-refractivity contribution in [2.75, 3.05) is 13.2 Å². The molecule has 0 amide bonds. The molecule has 0 aromatic carbocycles. The van der Waals surface area contributed by atoms with Crippen LogP contribution in [0.3, 0.4) is 0 Å². The van der Waals surface area contributed by atoms with E-state index in [4.69, 9.17) is 34.0 Å². The van der Waals surface area contributed by atoms with Gasteiger partial charge in [0.15, 0.2) is 0 Å². The van der Waals surface area contributed by atoms with Crippen LogP contribution in [0.5, 0.6) is 0 Å². The molecule has 0 radical (unpaired) electrons. The average molecular weight is 193 g/mol. The van der Waals surface area contributed by atoms with Gasteiger partial charge in [0.2, 0.25) is 0 Å². The Labute approximate surface area is 64.5 Å². The van der Waals surface area contributed by atoms with Crippen LogP contribution >= 0.6 is 0 Å². The Morgan fingerprint density at radius 2 is 1.27 bits per heavy atom. The molecule has 0 fully saturated rings. The van der Waals surface area contributed by atoms with Crippen molar-refractivity contribution in [1.82, 2.24) is 0 Å². The Balaban J connectivity index is 0. The number of rotatable bonds is 2. The van der Waals surface area contributed by atoms with Crippen molar-refractivity contribution in [2.45, 2.75) is 6.10 Å². The molecule has 0 aliphatic heterocycles. The van der Waals surface area contributed by atoms with E-state index in [1.165, 1.54) is 0 Å². The highest BCUT2D eigenvalue weighted by Gasteiger charge is 1.98. The Bertz CT molecular complexity index is 70.2. The second-order valence-corrected chi connectivity index (χ2v) is 2.21. The molecule has 0 unspecified atom stereocenters. The normalized spacial score (nSPS) is 10.9. The Morgan fingerprint density at radius 3 is 1.27 bits per heavy atom. The summed E-state index contributed by atoms with van der Waals surface area (Å²) in [4.78, 5) is 0. The molecule has 0 aromatic rings. The van der Waals surface area contributed by atoms with E-state index >= 15 is 0 Å². The van der Waals surface area contributed by atoms with Gasteiger partial charge in [-0.05, 0) is 0 Å². The summed E-state index contributed by atoms with van der Waals surface area (Å²) in [6.45, 7) is -0.729. The third-order valence-electron chi connectivity index (χ3n) is 0.421. The number of hydrogen-bond donors (Lipinski definition) is 4. The van der Waals surface area contributed by atoms with Gasteiger partial charge in [0.1, 0.15) is 6.10 Å². The fraction of sp³-hybridized carbons (Fsp3) is 1.00. The van der Waals surface area contributed by atoms with Crippen molar-refractivity contribution in [3.05, 3.63) is 0 Å². The SMILES string of the molecule is OCC(O)CO.[O-][Cl+3]([O-])([O-])O. The zero-order valence-electron chi connectivity index (χ0n) is 5.38. The van der Waals surface area contributed by atoms with Crippen molar-refractivity contribution in [3.63, 3.8) is 0 Å². The van der Waals surface area contributed by atoms with Gasteiger partial charge in [-0.25, -0.2) is 0 Å². The Kier molecular flexibility index (Phi) is 8.28. The summed E-state index contributed by atoms with van der Waals surface area (Å²) < 4.78 is 32.7. The van der Waals surface area contributed by atoms with Crippen LogP contribution in [0.2, 0.25) is 0 Å². The van der Waals surface area contributed by atoms with Gasteiger partial charge >= 0.3 is 0 Å². The van der Waals surface area contributed by atoms with Gasteiger partial charge in [0, 0.05) is 0 Å². The highest BCUT2D eigenvalue weighted by atomic mass is 35.7. The molecule has 0 saturated heterocycles. The van der Waals surface area contributed by atoms with Crippen LogP contribution in [0.1, 0.15) is 0 Å². The molecule has 0 aliphatic rings. The summed E-state index contributed by atoms with van der Waals surface area (Å²) in [7, 11) is -4.69. The molecule has 70 valence electrons. The van der Waals surface area contributed by atoms with Crippen LogP contribution in [0.15, 0.2) is 0 Å². The molecule has 0 atom stereocenters. The van der Waals surface area contributed by atoms with Crippen molar-refractivity contribution < 1.29 is 44.2 Å². The fourth-order valence-electron chi connectivity index (χ4n) is 0.0577. The summed E-state index contributed by atoms with van der Waals surface area (Å²) >= 11 is 0. The lowest BCUT2D eigenvalue weighted by molar-refractivity contribution is -1.92. The largest absolute Gasteiger partial charge is 0.394 e. The van der Waals surface area contributed by atoms with Crippen molar-refractivity contribution in [2.24, 2.45) is 0 Å². The molecule has 0 aromatic heterocycles. The molecular weight excluding hydrogens is 183 g/mol. The van der Waals surface area contributed by atoms with E-state index in [0.29, 0.717) is 0 Å². The van der Waals surface area contributed by atoms with Crippen molar-refractivity contribution in [3.8, 4) is 0 Å². The molecule has 0 bridgehead atoms. The number of halogens is 1. The van der Waals surface area contributed by atoms with Crippen LogP contribution in [-0.4, -0.2) is 39.3 Å². The lowest BCUT2D eigenvalue weighted by Crippen LogP contribution is -2.58. The van der Waals surface area contributed by atoms with E-state index in [0.717, 1.165) is 0 Å². The fourth-order valence-corrected chi connectivity index (χ4v) is 0.0577. The highest BCUT2D eigenvalue weighted by Crippen LogP contribution is 1.71. The minimum absolute atomic E-state index is 0.365. The maximum Gasteiger partial charge on any atom is 0.100 e. The predicted molar refractivity (Wildman–Crippen MR) is 22.4 cm³/mol. The lowest BCUT2D eigenvalue weighted by atomic mass is 10.4. The van der Waals surface area contributed by atoms with Crippen LogP contribution in [0.4, 0.5) is 0 Å². The quantitative estimate of drug-likeness (QED) is 0.340. The molecule has 4 N–H and O–H groups in total. The van der Waals surface area contributed by atoms with Gasteiger partial charge in [-0.1, -0.05) is 0 Å². The van der Waals surface area contributed by atoms with Gasteiger partial charge in [0.05, 0.1) is 28.1 Å². The first-order valence-electron chi connectivity index (χ1n) is 2.34. The van der Waals surface area contributed by atoms with E-state index in [9.17, 15) is 0 Å². The van der Waals surface area contributed by atoms with Gasteiger partial charge in [-0.3, -0.25) is 0 Å². The van der Waals surface area contributed by atoms with Crippen molar-refractivity contribution in [1.29, 1.82) is 0 Å². The monoisotopic (exact) mass is 192 g/mol. The van der Waals surface area contributed by atoms with E-state index in [1.807, 2.05) is 0 Å². The number of aliphatic hydroxyl groups is 3. The van der Waals surface area contributed by atoms with E-state index < -0.39 is 16.3 Å². The molecule has 0 aliphatic carbocycles. The van der Waals surface area contributed by atoms with Crippen LogP contribution in [0.25, 0.3) is 0 Å². The van der Waals surface area contributed by atoms with Gasteiger partial charge < -0.3 is 15.3 Å². The van der Waals surface area contributed by atoms with Gasteiger partial charge in [-0.15, -0.1) is 0 Å². The highest BCUT2D eigenvalue weighted by molar-refractivity contribution is 4.43. The number of hydrogen-bond acceptors (Lipinski definition) is 7.